The maximum Gasteiger partial charge on any atom is 0.0743 e. The van der Waals surface area contributed by atoms with Crippen molar-refractivity contribution in [3.05, 3.63) is 35.9 Å². The van der Waals surface area contributed by atoms with Crippen LogP contribution in [0.3, 0.4) is 0 Å². The lowest BCUT2D eigenvalue weighted by molar-refractivity contribution is 0.766. The molecule has 78 valence electrons. The molecule has 0 aliphatic carbocycles. The van der Waals surface area contributed by atoms with Crippen molar-refractivity contribution in [1.82, 2.24) is 0 Å². The van der Waals surface area contributed by atoms with Gasteiger partial charge < -0.3 is 0 Å². The van der Waals surface area contributed by atoms with Crippen molar-refractivity contribution in [3.63, 3.8) is 0 Å². The van der Waals surface area contributed by atoms with Crippen LogP contribution in [0.1, 0.15) is 18.9 Å². The molecule has 0 amide bonds. The van der Waals surface area contributed by atoms with Gasteiger partial charge in [0.15, 0.2) is 0 Å². The zero-order chi connectivity index (χ0) is 10.8. The minimum absolute atomic E-state index is 0.117. The van der Waals surface area contributed by atoms with Crippen molar-refractivity contribution in [2.45, 2.75) is 37.5 Å². The van der Waals surface area contributed by atoms with Crippen LogP contribution < -0.4 is 0 Å². The van der Waals surface area contributed by atoms with Crippen molar-refractivity contribution in [1.29, 1.82) is 0 Å². The maximum atomic E-state index is 6.79. The summed E-state index contributed by atoms with van der Waals surface area (Å²) in [5.41, 5.74) is 1.28. The molecule has 14 heavy (non-hydrogen) atoms. The van der Waals surface area contributed by atoms with Crippen LogP contribution in [0.25, 0.3) is 0 Å². The molecule has 1 unspecified atom stereocenters. The summed E-state index contributed by atoms with van der Waals surface area (Å²) in [5, 5.41) is 0. The lowest BCUT2D eigenvalue weighted by Crippen LogP contribution is -2.44. The quantitative estimate of drug-likeness (QED) is 0.529. The zero-order valence-electron chi connectivity index (χ0n) is 9.47. The Labute approximate surface area is 93.3 Å². The Hall–Kier alpha value is -0.273. The van der Waals surface area contributed by atoms with Crippen LogP contribution in [0, 0.1) is 0 Å². The molecule has 0 saturated heterocycles. The average Bonchev–Trinajstić information content (AvgIpc) is 2.16. The summed E-state index contributed by atoms with van der Waals surface area (Å²) in [5.74, 6) is 0. The van der Waals surface area contributed by atoms with Gasteiger partial charge >= 0.3 is 0 Å². The highest BCUT2D eigenvalue weighted by Gasteiger charge is 2.41. The normalized spacial score (nSPS) is 16.4. The van der Waals surface area contributed by atoms with E-state index in [1.807, 2.05) is 6.07 Å². The first-order valence-corrected chi connectivity index (χ1v) is 9.04. The molecule has 0 saturated carbocycles. The molecule has 1 atom stereocenters. The molecule has 0 spiro atoms. The van der Waals surface area contributed by atoms with Crippen molar-refractivity contribution >= 4 is 19.7 Å². The first-order valence-electron chi connectivity index (χ1n) is 5.16. The van der Waals surface area contributed by atoms with Gasteiger partial charge in [-0.25, -0.2) is 0 Å². The summed E-state index contributed by atoms with van der Waals surface area (Å²) in [4.78, 5) is 0. The van der Waals surface area contributed by atoms with Crippen LogP contribution in [0.2, 0.25) is 19.6 Å². The van der Waals surface area contributed by atoms with Crippen LogP contribution in [-0.4, -0.2) is 8.07 Å². The summed E-state index contributed by atoms with van der Waals surface area (Å²) in [6.45, 7) is 9.17. The van der Waals surface area contributed by atoms with Gasteiger partial charge in [-0.15, -0.1) is 11.6 Å². The van der Waals surface area contributed by atoms with Gasteiger partial charge in [-0.2, -0.15) is 0 Å². The van der Waals surface area contributed by atoms with Gasteiger partial charge in [0.25, 0.3) is 0 Å². The van der Waals surface area contributed by atoms with E-state index in [9.17, 15) is 0 Å². The van der Waals surface area contributed by atoms with Crippen LogP contribution in [-0.2, 0) is 4.50 Å². The predicted octanol–water partition coefficient (Wildman–Crippen LogP) is 4.41. The largest absolute Gasteiger partial charge is 0.118 e. The Morgan fingerprint density at radius 3 is 2.00 bits per heavy atom. The van der Waals surface area contributed by atoms with E-state index in [2.05, 4.69) is 50.8 Å². The molecule has 2 heteroatoms. The highest BCUT2D eigenvalue weighted by molar-refractivity contribution is 6.85. The fourth-order valence-corrected chi connectivity index (χ4v) is 4.09. The monoisotopic (exact) mass is 226 g/mol. The van der Waals surface area contributed by atoms with Gasteiger partial charge in [0.05, 0.1) is 12.6 Å². The van der Waals surface area contributed by atoms with Crippen molar-refractivity contribution in [2.75, 3.05) is 0 Å². The van der Waals surface area contributed by atoms with Crippen LogP contribution in [0.4, 0.5) is 0 Å². The second kappa shape index (κ2) is 4.07. The van der Waals surface area contributed by atoms with E-state index < -0.39 is 8.07 Å². The smallest absolute Gasteiger partial charge is 0.0743 e. The van der Waals surface area contributed by atoms with Gasteiger partial charge in [0, 0.05) is 0 Å². The number of benzene rings is 1. The Bertz CT molecular complexity index is 289. The SMILES string of the molecule is CCC(Cl)(c1ccccc1)[Si](C)(C)C. The fourth-order valence-electron chi connectivity index (χ4n) is 1.87. The first kappa shape index (κ1) is 11.8. The molecule has 1 aromatic carbocycles. The van der Waals surface area contributed by atoms with Gasteiger partial charge in [0.2, 0.25) is 0 Å². The van der Waals surface area contributed by atoms with Gasteiger partial charge in [-0.1, -0.05) is 56.9 Å². The molecular formula is C12H19ClSi. The third kappa shape index (κ3) is 2.04. The number of alkyl halides is 1. The minimum atomic E-state index is -1.39. The summed E-state index contributed by atoms with van der Waals surface area (Å²) in [6, 6.07) is 10.5. The summed E-state index contributed by atoms with van der Waals surface area (Å²) < 4.78 is -0.117. The van der Waals surface area contributed by atoms with Crippen molar-refractivity contribution < 1.29 is 0 Å². The molecular weight excluding hydrogens is 208 g/mol. The number of halogens is 1. The Morgan fingerprint density at radius 2 is 1.64 bits per heavy atom. The molecule has 1 aromatic rings. The van der Waals surface area contributed by atoms with Crippen LogP contribution in [0.15, 0.2) is 30.3 Å². The van der Waals surface area contributed by atoms with Crippen LogP contribution >= 0.6 is 11.6 Å². The highest BCUT2D eigenvalue weighted by atomic mass is 35.5. The average molecular weight is 227 g/mol. The lowest BCUT2D eigenvalue weighted by atomic mass is 10.1. The Morgan fingerprint density at radius 1 is 1.14 bits per heavy atom. The molecule has 1 rings (SSSR count). The molecule has 0 bridgehead atoms. The maximum absolute atomic E-state index is 6.79. The molecule has 0 heterocycles. The van der Waals surface area contributed by atoms with E-state index >= 15 is 0 Å². The van der Waals surface area contributed by atoms with E-state index in [0.29, 0.717) is 0 Å². The van der Waals surface area contributed by atoms with Gasteiger partial charge in [-0.3, -0.25) is 0 Å². The van der Waals surface area contributed by atoms with E-state index in [1.165, 1.54) is 5.56 Å². The molecule has 0 aliphatic heterocycles. The molecule has 0 nitrogen and oxygen atoms in total. The number of hydrogen-bond donors (Lipinski definition) is 0. The lowest BCUT2D eigenvalue weighted by Gasteiger charge is -2.38. The van der Waals surface area contributed by atoms with E-state index in [0.717, 1.165) is 6.42 Å². The molecule has 0 aromatic heterocycles. The van der Waals surface area contributed by atoms with Crippen LogP contribution in [0.5, 0.6) is 0 Å². The molecule has 0 fully saturated rings. The standard InChI is InChI=1S/C12H19ClSi/c1-5-12(13,14(2,3)4)11-9-7-6-8-10-11/h6-10H,5H2,1-4H3. The second-order valence-corrected chi connectivity index (χ2v) is 11.1. The topological polar surface area (TPSA) is 0 Å². The number of rotatable bonds is 3. The summed E-state index contributed by atoms with van der Waals surface area (Å²) >= 11 is 6.79. The molecule has 0 radical (unpaired) electrons. The highest BCUT2D eigenvalue weighted by Crippen LogP contribution is 2.41. The Balaban J connectivity index is 3.15. The third-order valence-electron chi connectivity index (χ3n) is 2.91. The van der Waals surface area contributed by atoms with Gasteiger partial charge in [0.1, 0.15) is 0 Å². The van der Waals surface area contributed by atoms with Crippen molar-refractivity contribution in [3.8, 4) is 0 Å². The zero-order valence-corrected chi connectivity index (χ0v) is 11.2. The molecule has 0 N–H and O–H groups in total. The Kier molecular flexibility index (Phi) is 3.43. The summed E-state index contributed by atoms with van der Waals surface area (Å²) in [6.07, 6.45) is 1.01. The third-order valence-corrected chi connectivity index (χ3v) is 8.11. The minimum Gasteiger partial charge on any atom is -0.118 e. The van der Waals surface area contributed by atoms with E-state index in [1.54, 1.807) is 0 Å². The number of hydrogen-bond acceptors (Lipinski definition) is 0. The van der Waals surface area contributed by atoms with E-state index in [-0.39, 0.29) is 4.50 Å². The fraction of sp³-hybridized carbons (Fsp3) is 0.500. The summed E-state index contributed by atoms with van der Waals surface area (Å²) in [7, 11) is -1.39. The predicted molar refractivity (Wildman–Crippen MR) is 67.6 cm³/mol. The van der Waals surface area contributed by atoms with Crippen molar-refractivity contribution in [2.24, 2.45) is 0 Å². The second-order valence-electron chi connectivity index (χ2n) is 4.77. The van der Waals surface area contributed by atoms with E-state index in [4.69, 9.17) is 11.6 Å². The molecule has 0 aliphatic rings. The first-order chi connectivity index (χ1) is 6.42. The van der Waals surface area contributed by atoms with Gasteiger partial charge in [-0.05, 0) is 12.0 Å².